The number of hydrogen-bond acceptors (Lipinski definition) is 4. The number of hydrogen-bond donors (Lipinski definition) is 2. The van der Waals surface area contributed by atoms with Crippen molar-refractivity contribution in [3.63, 3.8) is 0 Å². The molecule has 0 unspecified atom stereocenters. The molecule has 0 aliphatic rings. The van der Waals surface area contributed by atoms with Gasteiger partial charge in [-0.25, -0.2) is 0 Å². The smallest absolute Gasteiger partial charge is 0.169 e. The monoisotopic (exact) mass is 232 g/mol. The molecule has 17 heavy (non-hydrogen) atoms. The third-order valence-electron chi connectivity index (χ3n) is 2.85. The maximum atomic E-state index is 9.45. The molecule has 1 aromatic heterocycles. The summed E-state index contributed by atoms with van der Waals surface area (Å²) in [5.74, 6) is 0.983. The third kappa shape index (κ3) is 2.17. The van der Waals surface area contributed by atoms with Gasteiger partial charge in [0.25, 0.3) is 0 Å². The fourth-order valence-electron chi connectivity index (χ4n) is 1.79. The second-order valence-corrected chi connectivity index (χ2v) is 4.70. The summed E-state index contributed by atoms with van der Waals surface area (Å²) in [5.41, 5.74) is 7.14. The van der Waals surface area contributed by atoms with Crippen molar-refractivity contribution in [2.75, 3.05) is 12.3 Å². The van der Waals surface area contributed by atoms with Gasteiger partial charge >= 0.3 is 0 Å². The van der Waals surface area contributed by atoms with Crippen LogP contribution in [-0.2, 0) is 5.41 Å². The average molecular weight is 232 g/mol. The Kier molecular flexibility index (Phi) is 2.90. The van der Waals surface area contributed by atoms with Crippen LogP contribution in [0.15, 0.2) is 34.9 Å². The quantitative estimate of drug-likeness (QED) is 0.850. The van der Waals surface area contributed by atoms with E-state index < -0.39 is 0 Å². The molecule has 4 nitrogen and oxygen atoms in total. The van der Waals surface area contributed by atoms with Crippen molar-refractivity contribution in [3.05, 3.63) is 35.9 Å². The molecule has 0 radical (unpaired) electrons. The molecular formula is C13H16N2O2. The van der Waals surface area contributed by atoms with Gasteiger partial charge in [0.05, 0.1) is 6.61 Å². The molecule has 0 saturated heterocycles. The maximum Gasteiger partial charge on any atom is 0.169 e. The van der Waals surface area contributed by atoms with E-state index in [2.05, 4.69) is 5.16 Å². The summed E-state index contributed by atoms with van der Waals surface area (Å²) in [6.45, 7) is 4.02. The summed E-state index contributed by atoms with van der Waals surface area (Å²) >= 11 is 0. The Morgan fingerprint density at radius 1 is 1.35 bits per heavy atom. The second-order valence-electron chi connectivity index (χ2n) is 4.70. The van der Waals surface area contributed by atoms with Crippen molar-refractivity contribution >= 4 is 5.82 Å². The van der Waals surface area contributed by atoms with Crippen LogP contribution in [0.4, 0.5) is 5.82 Å². The van der Waals surface area contributed by atoms with E-state index in [0.717, 1.165) is 11.1 Å². The number of anilines is 1. The van der Waals surface area contributed by atoms with Gasteiger partial charge in [-0.3, -0.25) is 0 Å². The molecule has 3 N–H and O–H groups in total. The summed E-state index contributed by atoms with van der Waals surface area (Å²) in [5, 5.41) is 13.1. The summed E-state index contributed by atoms with van der Waals surface area (Å²) < 4.78 is 5.17. The molecular weight excluding hydrogens is 216 g/mol. The highest BCUT2D eigenvalue weighted by molar-refractivity contribution is 5.65. The highest BCUT2D eigenvalue weighted by Gasteiger charge is 2.24. The minimum Gasteiger partial charge on any atom is -0.395 e. The van der Waals surface area contributed by atoms with Crippen molar-refractivity contribution in [1.82, 2.24) is 5.16 Å². The number of aliphatic hydroxyl groups excluding tert-OH is 1. The average Bonchev–Trinajstić information content (AvgIpc) is 2.76. The number of benzene rings is 1. The number of aliphatic hydroxyl groups is 1. The van der Waals surface area contributed by atoms with Crippen molar-refractivity contribution in [2.45, 2.75) is 19.3 Å². The van der Waals surface area contributed by atoms with Crippen LogP contribution in [0.1, 0.15) is 19.4 Å². The third-order valence-corrected chi connectivity index (χ3v) is 2.85. The minimum atomic E-state index is -0.335. The lowest BCUT2D eigenvalue weighted by Gasteiger charge is -2.24. The largest absolute Gasteiger partial charge is 0.395 e. The van der Waals surface area contributed by atoms with Gasteiger partial charge in [-0.2, -0.15) is 0 Å². The predicted molar refractivity (Wildman–Crippen MR) is 66.5 cm³/mol. The maximum absolute atomic E-state index is 9.45. The molecule has 2 aromatic rings. The standard InChI is InChI=1S/C13H16N2O2/c1-13(2,8-16)10-6-4-3-5-9(10)11-7-12(14)15-17-11/h3-7,16H,8H2,1-2H3,(H2,14,15). The van der Waals surface area contributed by atoms with Gasteiger partial charge in [-0.05, 0) is 5.56 Å². The zero-order chi connectivity index (χ0) is 12.5. The zero-order valence-corrected chi connectivity index (χ0v) is 9.97. The predicted octanol–water partition coefficient (Wildman–Crippen LogP) is 2.19. The van der Waals surface area contributed by atoms with Gasteiger partial charge in [0, 0.05) is 17.0 Å². The second kappa shape index (κ2) is 4.22. The van der Waals surface area contributed by atoms with Crippen molar-refractivity contribution < 1.29 is 9.63 Å². The number of aromatic nitrogens is 1. The highest BCUT2D eigenvalue weighted by atomic mass is 16.5. The van der Waals surface area contributed by atoms with Gasteiger partial charge < -0.3 is 15.4 Å². The first-order valence-electron chi connectivity index (χ1n) is 5.47. The van der Waals surface area contributed by atoms with E-state index >= 15 is 0 Å². The molecule has 0 bridgehead atoms. The van der Waals surface area contributed by atoms with Gasteiger partial charge in [0.1, 0.15) is 0 Å². The molecule has 1 aromatic carbocycles. The van der Waals surface area contributed by atoms with Gasteiger partial charge in [0.2, 0.25) is 0 Å². The van der Waals surface area contributed by atoms with Crippen LogP contribution in [0.5, 0.6) is 0 Å². The summed E-state index contributed by atoms with van der Waals surface area (Å²) in [6.07, 6.45) is 0. The number of nitrogens with zero attached hydrogens (tertiary/aromatic N) is 1. The number of rotatable bonds is 3. The van der Waals surface area contributed by atoms with E-state index in [0.29, 0.717) is 11.6 Å². The van der Waals surface area contributed by atoms with Crippen LogP contribution in [0.25, 0.3) is 11.3 Å². The normalized spacial score (nSPS) is 11.7. The first kappa shape index (κ1) is 11.7. The van der Waals surface area contributed by atoms with Crippen LogP contribution in [-0.4, -0.2) is 16.9 Å². The van der Waals surface area contributed by atoms with E-state index in [4.69, 9.17) is 10.3 Å². The lowest BCUT2D eigenvalue weighted by atomic mass is 9.82. The Balaban J connectivity index is 2.55. The number of nitrogens with two attached hydrogens (primary N) is 1. The van der Waals surface area contributed by atoms with E-state index in [9.17, 15) is 5.11 Å². The molecule has 4 heteroatoms. The molecule has 0 aliphatic heterocycles. The topological polar surface area (TPSA) is 72.3 Å². The van der Waals surface area contributed by atoms with E-state index in [-0.39, 0.29) is 12.0 Å². The SMILES string of the molecule is CC(C)(CO)c1ccccc1-c1cc(N)no1. The molecule has 0 atom stereocenters. The Morgan fingerprint density at radius 3 is 2.65 bits per heavy atom. The van der Waals surface area contributed by atoms with Gasteiger partial charge in [-0.15, -0.1) is 0 Å². The van der Waals surface area contributed by atoms with Crippen molar-refractivity contribution in [2.24, 2.45) is 0 Å². The van der Waals surface area contributed by atoms with Gasteiger partial charge in [-0.1, -0.05) is 43.3 Å². The van der Waals surface area contributed by atoms with Gasteiger partial charge in [0.15, 0.2) is 11.6 Å². The molecule has 0 amide bonds. The summed E-state index contributed by atoms with van der Waals surface area (Å²) in [7, 11) is 0. The van der Waals surface area contributed by atoms with E-state index in [1.165, 1.54) is 0 Å². The van der Waals surface area contributed by atoms with Crippen molar-refractivity contribution in [3.8, 4) is 11.3 Å². The minimum absolute atomic E-state index is 0.0631. The lowest BCUT2D eigenvalue weighted by Crippen LogP contribution is -2.22. The zero-order valence-electron chi connectivity index (χ0n) is 9.97. The molecule has 2 rings (SSSR count). The summed E-state index contributed by atoms with van der Waals surface area (Å²) in [6, 6.07) is 9.46. The molecule has 0 aliphatic carbocycles. The summed E-state index contributed by atoms with van der Waals surface area (Å²) in [4.78, 5) is 0. The first-order valence-corrected chi connectivity index (χ1v) is 5.47. The van der Waals surface area contributed by atoms with Crippen LogP contribution < -0.4 is 5.73 Å². The Bertz CT molecular complexity index is 518. The Labute approximate surface area is 100 Å². The lowest BCUT2D eigenvalue weighted by molar-refractivity contribution is 0.218. The first-order chi connectivity index (χ1) is 8.04. The molecule has 0 saturated carbocycles. The molecule has 0 spiro atoms. The van der Waals surface area contributed by atoms with E-state index in [1.807, 2.05) is 38.1 Å². The number of nitrogen functional groups attached to an aromatic ring is 1. The molecule has 0 fully saturated rings. The highest BCUT2D eigenvalue weighted by Crippen LogP contribution is 2.33. The van der Waals surface area contributed by atoms with Crippen LogP contribution in [0, 0.1) is 0 Å². The molecule has 90 valence electrons. The fourth-order valence-corrected chi connectivity index (χ4v) is 1.79. The van der Waals surface area contributed by atoms with Crippen LogP contribution >= 0.6 is 0 Å². The fraction of sp³-hybridized carbons (Fsp3) is 0.308. The Hall–Kier alpha value is -1.81. The molecule has 1 heterocycles. The van der Waals surface area contributed by atoms with Crippen LogP contribution in [0.3, 0.4) is 0 Å². The van der Waals surface area contributed by atoms with E-state index in [1.54, 1.807) is 6.07 Å². The Morgan fingerprint density at radius 2 is 2.06 bits per heavy atom. The van der Waals surface area contributed by atoms with Crippen LogP contribution in [0.2, 0.25) is 0 Å². The van der Waals surface area contributed by atoms with Crippen molar-refractivity contribution in [1.29, 1.82) is 0 Å².